The maximum Gasteiger partial charge on any atom is 0.234 e. The molecule has 5 heteroatoms. The first-order valence-corrected chi connectivity index (χ1v) is 4.83. The van der Waals surface area contributed by atoms with E-state index < -0.39 is 12.1 Å². The highest BCUT2D eigenvalue weighted by Gasteiger charge is 2.31. The second-order valence-corrected chi connectivity index (χ2v) is 4.00. The smallest absolute Gasteiger partial charge is 0.234 e. The van der Waals surface area contributed by atoms with E-state index in [9.17, 15) is 9.90 Å². The molecular formula is C9H18N2O3. The van der Waals surface area contributed by atoms with Crippen molar-refractivity contribution in [2.45, 2.75) is 32.0 Å². The van der Waals surface area contributed by atoms with Gasteiger partial charge in [0, 0.05) is 0 Å². The minimum absolute atomic E-state index is 0.111. The van der Waals surface area contributed by atoms with Gasteiger partial charge < -0.3 is 15.6 Å². The summed E-state index contributed by atoms with van der Waals surface area (Å²) < 4.78 is 5.07. The Labute approximate surface area is 83.6 Å². The lowest BCUT2D eigenvalue weighted by molar-refractivity contribution is -0.121. The Morgan fingerprint density at radius 3 is 2.57 bits per heavy atom. The average Bonchev–Trinajstić information content (AvgIpc) is 2.46. The minimum atomic E-state index is -0.546. The van der Waals surface area contributed by atoms with Gasteiger partial charge in [-0.3, -0.25) is 10.1 Å². The molecule has 1 fully saturated rings. The summed E-state index contributed by atoms with van der Waals surface area (Å²) in [6.45, 7) is 4.56. The first-order chi connectivity index (χ1) is 6.52. The van der Waals surface area contributed by atoms with E-state index in [0.717, 1.165) is 0 Å². The lowest BCUT2D eigenvalue weighted by Crippen LogP contribution is -2.52. The van der Waals surface area contributed by atoms with E-state index in [2.05, 4.69) is 5.32 Å². The molecule has 4 N–H and O–H groups in total. The number of primary amides is 1. The molecule has 1 heterocycles. The van der Waals surface area contributed by atoms with Crippen LogP contribution in [0.15, 0.2) is 0 Å². The zero-order chi connectivity index (χ0) is 10.7. The van der Waals surface area contributed by atoms with Gasteiger partial charge >= 0.3 is 0 Å². The van der Waals surface area contributed by atoms with E-state index in [-0.39, 0.29) is 17.9 Å². The number of nitrogens with one attached hydrogen (secondary N) is 1. The molecule has 1 amide bonds. The van der Waals surface area contributed by atoms with Gasteiger partial charge in [0.1, 0.15) is 0 Å². The molecule has 3 atom stereocenters. The van der Waals surface area contributed by atoms with Crippen LogP contribution in [0.4, 0.5) is 0 Å². The number of ether oxygens (including phenoxy) is 1. The number of rotatable bonds is 4. The van der Waals surface area contributed by atoms with E-state index in [1.54, 1.807) is 0 Å². The fourth-order valence-electron chi connectivity index (χ4n) is 1.54. The van der Waals surface area contributed by atoms with Crippen molar-refractivity contribution in [1.29, 1.82) is 0 Å². The van der Waals surface area contributed by atoms with Crippen LogP contribution in [-0.2, 0) is 9.53 Å². The zero-order valence-corrected chi connectivity index (χ0v) is 8.56. The SMILES string of the molecule is CC(C)C(NC1COCC1O)C(N)=O. The maximum atomic E-state index is 11.1. The largest absolute Gasteiger partial charge is 0.389 e. The van der Waals surface area contributed by atoms with Crippen molar-refractivity contribution in [1.82, 2.24) is 5.32 Å². The highest BCUT2D eigenvalue weighted by atomic mass is 16.5. The molecule has 0 aromatic heterocycles. The van der Waals surface area contributed by atoms with Crippen molar-refractivity contribution in [2.24, 2.45) is 11.7 Å². The summed E-state index contributed by atoms with van der Waals surface area (Å²) in [6, 6.07) is -0.591. The molecule has 1 saturated heterocycles. The number of amides is 1. The van der Waals surface area contributed by atoms with Crippen LogP contribution < -0.4 is 11.1 Å². The third-order valence-corrected chi connectivity index (χ3v) is 2.42. The second kappa shape index (κ2) is 4.72. The molecule has 1 rings (SSSR count). The summed E-state index contributed by atoms with van der Waals surface area (Å²) in [5.41, 5.74) is 5.24. The molecule has 0 radical (unpaired) electrons. The average molecular weight is 202 g/mol. The van der Waals surface area contributed by atoms with Crippen molar-refractivity contribution in [2.75, 3.05) is 13.2 Å². The molecule has 5 nitrogen and oxygen atoms in total. The molecule has 0 aliphatic carbocycles. The Hall–Kier alpha value is -0.650. The van der Waals surface area contributed by atoms with E-state index >= 15 is 0 Å². The van der Waals surface area contributed by atoms with Crippen LogP contribution in [0.3, 0.4) is 0 Å². The normalized spacial score (nSPS) is 29.4. The first kappa shape index (κ1) is 11.4. The lowest BCUT2D eigenvalue weighted by Gasteiger charge is -2.24. The molecular weight excluding hydrogens is 184 g/mol. The van der Waals surface area contributed by atoms with Crippen molar-refractivity contribution in [3.05, 3.63) is 0 Å². The quantitative estimate of drug-likeness (QED) is 0.537. The maximum absolute atomic E-state index is 11.1. The Kier molecular flexibility index (Phi) is 3.86. The monoisotopic (exact) mass is 202 g/mol. The van der Waals surface area contributed by atoms with Gasteiger partial charge in [-0.25, -0.2) is 0 Å². The van der Waals surface area contributed by atoms with Crippen LogP contribution in [0.25, 0.3) is 0 Å². The molecule has 1 aliphatic heterocycles. The molecule has 0 spiro atoms. The van der Waals surface area contributed by atoms with Crippen molar-refractivity contribution >= 4 is 5.91 Å². The topological polar surface area (TPSA) is 84.6 Å². The second-order valence-electron chi connectivity index (χ2n) is 4.00. The van der Waals surface area contributed by atoms with E-state index in [4.69, 9.17) is 10.5 Å². The summed E-state index contributed by atoms with van der Waals surface area (Å²) in [4.78, 5) is 11.1. The predicted molar refractivity (Wildman–Crippen MR) is 51.6 cm³/mol. The van der Waals surface area contributed by atoms with Crippen molar-refractivity contribution < 1.29 is 14.6 Å². The van der Waals surface area contributed by atoms with Gasteiger partial charge in [0.05, 0.1) is 31.4 Å². The summed E-state index contributed by atoms with van der Waals surface area (Å²) in [7, 11) is 0. The van der Waals surface area contributed by atoms with E-state index in [0.29, 0.717) is 13.2 Å². The van der Waals surface area contributed by atoms with E-state index in [1.165, 1.54) is 0 Å². The van der Waals surface area contributed by atoms with Gasteiger partial charge in [-0.2, -0.15) is 0 Å². The lowest BCUT2D eigenvalue weighted by atomic mass is 10.0. The van der Waals surface area contributed by atoms with Crippen molar-refractivity contribution in [3.8, 4) is 0 Å². The summed E-state index contributed by atoms with van der Waals surface area (Å²) in [6.07, 6.45) is -0.546. The molecule has 0 saturated carbocycles. The number of aliphatic hydroxyl groups is 1. The molecule has 0 aromatic carbocycles. The van der Waals surface area contributed by atoms with Gasteiger partial charge in [-0.15, -0.1) is 0 Å². The highest BCUT2D eigenvalue weighted by Crippen LogP contribution is 2.09. The minimum Gasteiger partial charge on any atom is -0.389 e. The number of nitrogens with two attached hydrogens (primary N) is 1. The van der Waals surface area contributed by atoms with Gasteiger partial charge in [0.15, 0.2) is 0 Å². The molecule has 82 valence electrons. The van der Waals surface area contributed by atoms with Crippen molar-refractivity contribution in [3.63, 3.8) is 0 Å². The molecule has 0 bridgehead atoms. The number of hydrogen-bond acceptors (Lipinski definition) is 4. The Bertz CT molecular complexity index is 208. The first-order valence-electron chi connectivity index (χ1n) is 4.83. The Morgan fingerprint density at radius 1 is 1.57 bits per heavy atom. The molecule has 1 aliphatic rings. The highest BCUT2D eigenvalue weighted by molar-refractivity contribution is 5.80. The third kappa shape index (κ3) is 2.67. The zero-order valence-electron chi connectivity index (χ0n) is 8.56. The number of carbonyl (C=O) groups is 1. The van der Waals surface area contributed by atoms with Crippen LogP contribution >= 0.6 is 0 Å². The molecule has 14 heavy (non-hydrogen) atoms. The number of hydrogen-bond donors (Lipinski definition) is 3. The van der Waals surface area contributed by atoms with Gasteiger partial charge in [0.25, 0.3) is 0 Å². The standard InChI is InChI=1S/C9H18N2O3/c1-5(2)8(9(10)13)11-6-3-14-4-7(6)12/h5-8,11-12H,3-4H2,1-2H3,(H2,10,13). The summed E-state index contributed by atoms with van der Waals surface area (Å²) in [5.74, 6) is -0.278. The van der Waals surface area contributed by atoms with E-state index in [1.807, 2.05) is 13.8 Å². The van der Waals surface area contributed by atoms with Crippen LogP contribution in [0, 0.1) is 5.92 Å². The predicted octanol–water partition coefficient (Wildman–Crippen LogP) is -1.15. The van der Waals surface area contributed by atoms with Crippen LogP contribution in [0.2, 0.25) is 0 Å². The van der Waals surface area contributed by atoms with Crippen LogP contribution in [0.5, 0.6) is 0 Å². The van der Waals surface area contributed by atoms with Crippen LogP contribution in [0.1, 0.15) is 13.8 Å². The molecule has 3 unspecified atom stereocenters. The Balaban J connectivity index is 2.50. The fourth-order valence-corrected chi connectivity index (χ4v) is 1.54. The van der Waals surface area contributed by atoms with Gasteiger partial charge in [-0.1, -0.05) is 13.8 Å². The van der Waals surface area contributed by atoms with Crippen LogP contribution in [-0.4, -0.2) is 42.4 Å². The third-order valence-electron chi connectivity index (χ3n) is 2.42. The number of aliphatic hydroxyl groups excluding tert-OH is 1. The Morgan fingerprint density at radius 2 is 2.21 bits per heavy atom. The van der Waals surface area contributed by atoms with Gasteiger partial charge in [0.2, 0.25) is 5.91 Å². The number of carbonyl (C=O) groups excluding carboxylic acids is 1. The summed E-state index contributed by atoms with van der Waals surface area (Å²) >= 11 is 0. The fraction of sp³-hybridized carbons (Fsp3) is 0.889. The van der Waals surface area contributed by atoms with Gasteiger partial charge in [-0.05, 0) is 5.92 Å². The summed E-state index contributed by atoms with van der Waals surface area (Å²) in [5, 5.41) is 12.5. The molecule has 0 aromatic rings.